The van der Waals surface area contributed by atoms with Crippen molar-refractivity contribution >= 4 is 70.6 Å². The first-order valence-corrected chi connectivity index (χ1v) is 21.6. The maximum atomic E-state index is 13.7. The largest absolute Gasteiger partial charge is 0.417 e. The molecule has 7 rings (SSSR count). The molecule has 0 bridgehead atoms. The van der Waals surface area contributed by atoms with Crippen LogP contribution in [0, 0.1) is 17.2 Å². The normalized spacial score (nSPS) is 25.7. The third-order valence-electron chi connectivity index (χ3n) is 12.7. The molecule has 3 atom stereocenters. The second-order valence-electron chi connectivity index (χ2n) is 17.3. The number of fused-ring (bicyclic) bond motifs is 1. The Morgan fingerprint density at radius 3 is 2.39 bits per heavy atom. The van der Waals surface area contributed by atoms with Gasteiger partial charge in [0.25, 0.3) is 5.91 Å². The fraction of sp³-hybridized carbons (Fsp3) is 0.558. The van der Waals surface area contributed by atoms with Gasteiger partial charge in [0.05, 0.1) is 52.7 Å². The maximum Gasteiger partial charge on any atom is 0.417 e. The van der Waals surface area contributed by atoms with Crippen molar-refractivity contribution in [1.29, 1.82) is 5.26 Å². The Bertz CT molecular complexity index is 2260. The maximum absolute atomic E-state index is 13.7. The smallest absolute Gasteiger partial charge is 0.378 e. The lowest BCUT2D eigenvalue weighted by Crippen LogP contribution is -2.51. The molecule has 62 heavy (non-hydrogen) atoms. The number of piperidine rings is 2. The molecular weight excluding hydrogens is 849 g/mol. The van der Waals surface area contributed by atoms with E-state index in [0.717, 1.165) is 41.1 Å². The number of imide groups is 2. The van der Waals surface area contributed by atoms with E-state index in [4.69, 9.17) is 10.00 Å². The number of amides is 6. The summed E-state index contributed by atoms with van der Waals surface area (Å²) in [7, 11) is 1.77. The van der Waals surface area contributed by atoms with Crippen molar-refractivity contribution < 1.29 is 41.9 Å². The quantitative estimate of drug-likeness (QED) is 0.113. The number of hydrogen-bond acceptors (Lipinski definition) is 10. The van der Waals surface area contributed by atoms with Gasteiger partial charge in [-0.1, -0.05) is 12.1 Å². The van der Waals surface area contributed by atoms with Gasteiger partial charge in [-0.05, 0) is 121 Å². The van der Waals surface area contributed by atoms with Crippen LogP contribution >= 0.6 is 24.4 Å². The van der Waals surface area contributed by atoms with E-state index in [1.54, 1.807) is 36.5 Å². The number of aryl methyl sites for hydroxylation is 1. The molecule has 4 heterocycles. The average Bonchev–Trinajstić information content (AvgIpc) is 3.62. The third kappa shape index (κ3) is 9.46. The molecule has 4 fully saturated rings. The molecule has 0 radical (unpaired) electrons. The molecular formula is C43H52ClF3N8O6S. The van der Waals surface area contributed by atoms with Crippen LogP contribution in [-0.4, -0.2) is 96.5 Å². The molecule has 19 heteroatoms. The highest BCUT2D eigenvalue weighted by atomic mass is 35.5. The van der Waals surface area contributed by atoms with Crippen molar-refractivity contribution in [2.45, 2.75) is 132 Å². The number of aromatic nitrogens is 2. The topological polar surface area (TPSA) is 170 Å². The Kier molecular flexibility index (Phi) is 14.0. The zero-order valence-corrected chi connectivity index (χ0v) is 36.9. The monoisotopic (exact) mass is 900 g/mol. The van der Waals surface area contributed by atoms with Crippen LogP contribution in [0.5, 0.6) is 0 Å². The molecule has 0 spiro atoms. The number of para-hydroxylation sites is 1. The number of alkyl halides is 3. The second-order valence-corrected chi connectivity index (χ2v) is 18.3. The highest BCUT2D eigenvalue weighted by molar-refractivity contribution is 7.98. The van der Waals surface area contributed by atoms with Crippen molar-refractivity contribution in [2.24, 2.45) is 13.0 Å². The first-order chi connectivity index (χ1) is 28.9. The minimum atomic E-state index is -4.77. The molecule has 6 amide bonds. The Morgan fingerprint density at radius 2 is 1.74 bits per heavy atom. The number of nitrogens with one attached hydrogen (secondary N) is 2. The Labute approximate surface area is 368 Å². The van der Waals surface area contributed by atoms with Gasteiger partial charge in [0.2, 0.25) is 17.7 Å². The van der Waals surface area contributed by atoms with Gasteiger partial charge in [0.1, 0.15) is 5.54 Å². The Hall–Kier alpha value is -4.70. The summed E-state index contributed by atoms with van der Waals surface area (Å²) in [6.07, 6.45) is 1.18. The number of anilines is 1. The first kappa shape index (κ1) is 46.8. The standard InChI is InChI=1S/C43H51F3N8O6S.ClH/c1-24-19-26(20-25(2)52(24)23-36(56)48-34-8-6-7-31-37(50-51(5)38(31)34)32-15-16-35(55)49-39(32)57)17-18-60-29-12-10-28(11-13-29)53-41(59)54(40(58)42(53,3)4)61-30-14-9-27(22-47)33(21-30)43(44,45)46;/h6-9,14,21,24-26,28-29,32H,10-13,15-20,23H2,1-5H3,(H,48,56)(H,49,55,57);1H. The van der Waals surface area contributed by atoms with E-state index >= 15 is 0 Å². The number of ether oxygens (including phenoxy) is 1. The molecule has 3 aliphatic heterocycles. The number of benzene rings is 2. The minimum Gasteiger partial charge on any atom is -0.378 e. The van der Waals surface area contributed by atoms with Crippen LogP contribution in [0.3, 0.4) is 0 Å². The Balaban J connectivity index is 0.00000641. The third-order valence-corrected chi connectivity index (χ3v) is 13.7. The van der Waals surface area contributed by atoms with Crippen LogP contribution in [0.15, 0.2) is 41.3 Å². The fourth-order valence-corrected chi connectivity index (χ4v) is 10.7. The van der Waals surface area contributed by atoms with E-state index in [-0.39, 0.29) is 72.2 Å². The minimum absolute atomic E-state index is 0. The van der Waals surface area contributed by atoms with Gasteiger partial charge < -0.3 is 15.0 Å². The predicted octanol–water partition coefficient (Wildman–Crippen LogP) is 7.30. The van der Waals surface area contributed by atoms with Gasteiger partial charge >= 0.3 is 12.2 Å². The van der Waals surface area contributed by atoms with Gasteiger partial charge in [-0.15, -0.1) is 12.4 Å². The summed E-state index contributed by atoms with van der Waals surface area (Å²) in [5.74, 6) is -1.45. The summed E-state index contributed by atoms with van der Waals surface area (Å²) in [5.41, 5.74) is -0.947. The lowest BCUT2D eigenvalue weighted by molar-refractivity contribution is -0.138. The SMILES string of the molecule is CC1CC(CCOC2CCC(N3C(=O)N(Sc4ccc(C#N)c(C(F)(F)F)c4)C(=O)C3(C)C)CC2)CC(C)N1CC(=O)Nc1cccc2c(C3CCC(=O)NC3=O)nn(C)c12.Cl. The van der Waals surface area contributed by atoms with Gasteiger partial charge in [-0.25, -0.2) is 4.79 Å². The summed E-state index contributed by atoms with van der Waals surface area (Å²) in [6.45, 7) is 8.39. The molecule has 1 saturated carbocycles. The molecule has 3 saturated heterocycles. The molecule has 1 aliphatic carbocycles. The van der Waals surface area contributed by atoms with E-state index in [1.165, 1.54) is 6.07 Å². The van der Waals surface area contributed by atoms with Crippen molar-refractivity contribution in [3.8, 4) is 6.07 Å². The van der Waals surface area contributed by atoms with E-state index in [1.807, 2.05) is 18.2 Å². The molecule has 3 aromatic rings. The lowest BCUT2D eigenvalue weighted by atomic mass is 9.85. The van der Waals surface area contributed by atoms with Crippen molar-refractivity contribution in [2.75, 3.05) is 18.5 Å². The van der Waals surface area contributed by atoms with E-state index < -0.39 is 40.7 Å². The number of carbonyl (C=O) groups excluding carboxylic acids is 5. The van der Waals surface area contributed by atoms with Crippen LogP contribution in [0.25, 0.3) is 10.9 Å². The van der Waals surface area contributed by atoms with Crippen LogP contribution in [0.4, 0.5) is 23.7 Å². The van der Waals surface area contributed by atoms with E-state index in [0.29, 0.717) is 73.5 Å². The number of likely N-dealkylation sites (tertiary alicyclic amines) is 1. The summed E-state index contributed by atoms with van der Waals surface area (Å²) >= 11 is 0.636. The first-order valence-electron chi connectivity index (χ1n) is 20.8. The summed E-state index contributed by atoms with van der Waals surface area (Å²) in [6, 6.07) is 9.72. The summed E-state index contributed by atoms with van der Waals surface area (Å²) in [5, 5.41) is 20.0. The molecule has 2 N–H and O–H groups in total. The molecule has 14 nitrogen and oxygen atoms in total. The molecule has 2 aromatic carbocycles. The highest BCUT2D eigenvalue weighted by Crippen LogP contribution is 2.42. The van der Waals surface area contributed by atoms with Crippen LogP contribution in [0.2, 0.25) is 0 Å². The number of carbonyl (C=O) groups is 5. The van der Waals surface area contributed by atoms with Gasteiger partial charge in [-0.2, -0.15) is 27.8 Å². The van der Waals surface area contributed by atoms with E-state index in [2.05, 4.69) is 34.5 Å². The number of rotatable bonds is 11. The lowest BCUT2D eigenvalue weighted by Gasteiger charge is -2.42. The molecule has 1 aromatic heterocycles. The molecule has 4 aliphatic rings. The number of halogens is 4. The fourth-order valence-electron chi connectivity index (χ4n) is 9.70. The average molecular weight is 901 g/mol. The van der Waals surface area contributed by atoms with Crippen molar-refractivity contribution in [3.05, 3.63) is 53.2 Å². The predicted molar refractivity (Wildman–Crippen MR) is 227 cm³/mol. The zero-order valence-electron chi connectivity index (χ0n) is 35.3. The van der Waals surface area contributed by atoms with Crippen LogP contribution in [-0.2, 0) is 37.1 Å². The molecule has 334 valence electrons. The number of hydrogen-bond donors (Lipinski definition) is 2. The second kappa shape index (κ2) is 18.6. The van der Waals surface area contributed by atoms with Crippen molar-refractivity contribution in [3.63, 3.8) is 0 Å². The van der Waals surface area contributed by atoms with Gasteiger partial charge in [-0.3, -0.25) is 34.1 Å². The van der Waals surface area contributed by atoms with Crippen molar-refractivity contribution in [1.82, 2.24) is 29.2 Å². The van der Waals surface area contributed by atoms with Gasteiger partial charge in [0, 0.05) is 48.5 Å². The highest BCUT2D eigenvalue weighted by Gasteiger charge is 2.55. The molecule has 3 unspecified atom stereocenters. The Morgan fingerprint density at radius 1 is 1.05 bits per heavy atom. The summed E-state index contributed by atoms with van der Waals surface area (Å²) in [4.78, 5) is 68.8. The summed E-state index contributed by atoms with van der Waals surface area (Å²) < 4.78 is 49.7. The van der Waals surface area contributed by atoms with Crippen LogP contribution in [0.1, 0.15) is 108 Å². The number of urea groups is 1. The van der Waals surface area contributed by atoms with E-state index in [9.17, 15) is 37.1 Å². The van der Waals surface area contributed by atoms with Gasteiger partial charge in [0.15, 0.2) is 0 Å². The number of nitrogens with zero attached hydrogens (tertiary/aromatic N) is 6. The number of nitriles is 1. The van der Waals surface area contributed by atoms with Crippen LogP contribution < -0.4 is 10.6 Å². The zero-order chi connectivity index (χ0) is 44.0.